The Morgan fingerprint density at radius 3 is 2.38 bits per heavy atom. The van der Waals surface area contributed by atoms with Gasteiger partial charge >= 0.3 is 0 Å². The number of aliphatic hydroxyl groups is 1. The molecule has 0 amide bonds. The summed E-state index contributed by atoms with van der Waals surface area (Å²) in [6.45, 7) is 0.498. The topological polar surface area (TPSA) is 98.6 Å². The first-order valence-electron chi connectivity index (χ1n) is 6.43. The summed E-state index contributed by atoms with van der Waals surface area (Å²) in [7, 11) is 0. The Bertz CT molecular complexity index is 626. The van der Waals surface area contributed by atoms with E-state index >= 15 is 0 Å². The Hall–Kier alpha value is -2.44. The molecule has 0 saturated carbocycles. The molecule has 2 aromatic rings. The molecule has 0 fully saturated rings. The van der Waals surface area contributed by atoms with Crippen molar-refractivity contribution in [1.82, 2.24) is 0 Å². The van der Waals surface area contributed by atoms with Crippen LogP contribution >= 0.6 is 0 Å². The SMILES string of the molecule is NCc1cc([N+](=O)[O-])ccc1OCc1ccc(CO)cc1. The molecule has 0 aromatic heterocycles. The van der Waals surface area contributed by atoms with E-state index in [0.29, 0.717) is 17.9 Å². The van der Waals surface area contributed by atoms with Crippen LogP contribution in [0.2, 0.25) is 0 Å². The molecule has 0 bridgehead atoms. The van der Waals surface area contributed by atoms with Gasteiger partial charge < -0.3 is 15.6 Å². The quantitative estimate of drug-likeness (QED) is 0.626. The maximum Gasteiger partial charge on any atom is 0.270 e. The zero-order valence-electron chi connectivity index (χ0n) is 11.4. The highest BCUT2D eigenvalue weighted by molar-refractivity contribution is 5.43. The number of nitrogens with two attached hydrogens (primary N) is 1. The summed E-state index contributed by atoms with van der Waals surface area (Å²) >= 11 is 0. The predicted octanol–water partition coefficient (Wildman–Crippen LogP) is 2.12. The van der Waals surface area contributed by atoms with Crippen molar-refractivity contribution in [1.29, 1.82) is 0 Å². The highest BCUT2D eigenvalue weighted by Gasteiger charge is 2.10. The Labute approximate surface area is 121 Å². The lowest BCUT2D eigenvalue weighted by Gasteiger charge is -2.10. The highest BCUT2D eigenvalue weighted by atomic mass is 16.6. The van der Waals surface area contributed by atoms with E-state index in [1.165, 1.54) is 12.1 Å². The van der Waals surface area contributed by atoms with Gasteiger partial charge in [0, 0.05) is 24.2 Å². The lowest BCUT2D eigenvalue weighted by atomic mass is 10.1. The summed E-state index contributed by atoms with van der Waals surface area (Å²) in [4.78, 5) is 10.3. The van der Waals surface area contributed by atoms with Crippen LogP contribution in [-0.4, -0.2) is 10.0 Å². The van der Waals surface area contributed by atoms with E-state index < -0.39 is 4.92 Å². The number of nitrogens with zero attached hydrogens (tertiary/aromatic N) is 1. The molecular weight excluding hydrogens is 272 g/mol. The van der Waals surface area contributed by atoms with Gasteiger partial charge in [-0.15, -0.1) is 0 Å². The molecule has 0 heterocycles. The van der Waals surface area contributed by atoms with E-state index in [2.05, 4.69) is 0 Å². The van der Waals surface area contributed by atoms with E-state index in [9.17, 15) is 10.1 Å². The highest BCUT2D eigenvalue weighted by Crippen LogP contribution is 2.24. The summed E-state index contributed by atoms with van der Waals surface area (Å²) in [6.07, 6.45) is 0. The van der Waals surface area contributed by atoms with Gasteiger partial charge in [-0.05, 0) is 17.2 Å². The Balaban J connectivity index is 2.09. The van der Waals surface area contributed by atoms with Gasteiger partial charge in [0.1, 0.15) is 12.4 Å². The predicted molar refractivity (Wildman–Crippen MR) is 77.7 cm³/mol. The summed E-state index contributed by atoms with van der Waals surface area (Å²) in [6, 6.07) is 11.7. The van der Waals surface area contributed by atoms with Gasteiger partial charge in [-0.2, -0.15) is 0 Å². The fourth-order valence-electron chi connectivity index (χ4n) is 1.88. The van der Waals surface area contributed by atoms with E-state index in [-0.39, 0.29) is 18.8 Å². The summed E-state index contributed by atoms with van der Waals surface area (Å²) < 4.78 is 5.66. The standard InChI is InChI=1S/C15H16N2O4/c16-8-13-7-14(17(19)20)5-6-15(13)21-10-12-3-1-11(9-18)2-4-12/h1-7,18H,8-10,16H2. The van der Waals surface area contributed by atoms with Crippen LogP contribution in [0, 0.1) is 10.1 Å². The lowest BCUT2D eigenvalue weighted by molar-refractivity contribution is -0.384. The van der Waals surface area contributed by atoms with Gasteiger partial charge in [0.15, 0.2) is 0 Å². The number of ether oxygens (including phenoxy) is 1. The number of non-ortho nitro benzene ring substituents is 1. The van der Waals surface area contributed by atoms with Crippen LogP contribution in [0.15, 0.2) is 42.5 Å². The molecule has 3 N–H and O–H groups in total. The molecule has 0 unspecified atom stereocenters. The average Bonchev–Trinajstić information content (AvgIpc) is 2.53. The molecule has 0 spiro atoms. The molecule has 0 aliphatic heterocycles. The van der Waals surface area contributed by atoms with Crippen molar-refractivity contribution < 1.29 is 14.8 Å². The largest absolute Gasteiger partial charge is 0.489 e. The van der Waals surface area contributed by atoms with E-state index in [0.717, 1.165) is 11.1 Å². The van der Waals surface area contributed by atoms with Crippen molar-refractivity contribution in [2.45, 2.75) is 19.8 Å². The second-order valence-electron chi connectivity index (χ2n) is 4.52. The minimum absolute atomic E-state index is 0.000805. The molecule has 21 heavy (non-hydrogen) atoms. The summed E-state index contributed by atoms with van der Waals surface area (Å²) in [5.74, 6) is 0.536. The first kappa shape index (κ1) is 15.0. The molecule has 6 heteroatoms. The van der Waals surface area contributed by atoms with Gasteiger partial charge in [0.25, 0.3) is 5.69 Å². The molecule has 2 aromatic carbocycles. The Morgan fingerprint density at radius 2 is 1.81 bits per heavy atom. The number of hydrogen-bond acceptors (Lipinski definition) is 5. The monoisotopic (exact) mass is 288 g/mol. The smallest absolute Gasteiger partial charge is 0.270 e. The van der Waals surface area contributed by atoms with Crippen LogP contribution in [0.5, 0.6) is 5.75 Å². The number of benzene rings is 2. The zero-order chi connectivity index (χ0) is 15.2. The molecule has 0 saturated heterocycles. The third-order valence-electron chi connectivity index (χ3n) is 3.07. The number of aliphatic hydroxyl groups excluding tert-OH is 1. The molecule has 2 rings (SSSR count). The fraction of sp³-hybridized carbons (Fsp3) is 0.200. The van der Waals surface area contributed by atoms with Gasteiger partial charge in [-0.25, -0.2) is 0 Å². The van der Waals surface area contributed by atoms with Gasteiger partial charge in [0.2, 0.25) is 0 Å². The van der Waals surface area contributed by atoms with Crippen LogP contribution in [-0.2, 0) is 19.8 Å². The molecule has 6 nitrogen and oxygen atoms in total. The Morgan fingerprint density at radius 1 is 1.14 bits per heavy atom. The Kier molecular flexibility index (Phi) is 4.86. The van der Waals surface area contributed by atoms with E-state index in [1.807, 2.05) is 24.3 Å². The first-order chi connectivity index (χ1) is 10.1. The van der Waals surface area contributed by atoms with Crippen LogP contribution in [0.4, 0.5) is 5.69 Å². The number of rotatable bonds is 6. The molecule has 0 radical (unpaired) electrons. The van der Waals surface area contributed by atoms with Crippen molar-refractivity contribution in [2.75, 3.05) is 0 Å². The molecule has 0 atom stereocenters. The van der Waals surface area contributed by atoms with Crippen molar-refractivity contribution in [3.8, 4) is 5.75 Å². The van der Waals surface area contributed by atoms with Crippen molar-refractivity contribution in [2.24, 2.45) is 5.73 Å². The van der Waals surface area contributed by atoms with Crippen molar-refractivity contribution in [3.05, 3.63) is 69.3 Å². The maximum absolute atomic E-state index is 10.7. The number of nitro groups is 1. The van der Waals surface area contributed by atoms with Gasteiger partial charge in [0.05, 0.1) is 11.5 Å². The van der Waals surface area contributed by atoms with Crippen molar-refractivity contribution in [3.63, 3.8) is 0 Å². The second-order valence-corrected chi connectivity index (χ2v) is 4.52. The number of nitro benzene ring substituents is 1. The zero-order valence-corrected chi connectivity index (χ0v) is 11.4. The minimum atomic E-state index is -0.462. The lowest BCUT2D eigenvalue weighted by Crippen LogP contribution is -2.04. The molecule has 0 aliphatic carbocycles. The average molecular weight is 288 g/mol. The third kappa shape index (κ3) is 3.77. The summed E-state index contributed by atoms with van der Waals surface area (Å²) in [5.41, 5.74) is 7.95. The first-order valence-corrected chi connectivity index (χ1v) is 6.43. The van der Waals surface area contributed by atoms with Crippen LogP contribution < -0.4 is 10.5 Å². The third-order valence-corrected chi connectivity index (χ3v) is 3.07. The van der Waals surface area contributed by atoms with E-state index in [1.54, 1.807) is 6.07 Å². The van der Waals surface area contributed by atoms with Crippen molar-refractivity contribution >= 4 is 5.69 Å². The van der Waals surface area contributed by atoms with E-state index in [4.69, 9.17) is 15.6 Å². The van der Waals surface area contributed by atoms with Crippen LogP contribution in [0.1, 0.15) is 16.7 Å². The molecular formula is C15H16N2O4. The van der Waals surface area contributed by atoms with Gasteiger partial charge in [-0.3, -0.25) is 10.1 Å². The van der Waals surface area contributed by atoms with Crippen LogP contribution in [0.3, 0.4) is 0 Å². The second kappa shape index (κ2) is 6.83. The molecule has 0 aliphatic rings. The minimum Gasteiger partial charge on any atom is -0.489 e. The maximum atomic E-state index is 10.7. The van der Waals surface area contributed by atoms with Crippen LogP contribution in [0.25, 0.3) is 0 Å². The molecule has 110 valence electrons. The number of hydrogen-bond donors (Lipinski definition) is 2. The fourth-order valence-corrected chi connectivity index (χ4v) is 1.88. The summed E-state index contributed by atoms with van der Waals surface area (Å²) in [5, 5.41) is 19.7. The van der Waals surface area contributed by atoms with Gasteiger partial charge in [-0.1, -0.05) is 24.3 Å². The normalized spacial score (nSPS) is 10.4.